The van der Waals surface area contributed by atoms with Crippen molar-refractivity contribution >= 4 is 124 Å². The lowest BCUT2D eigenvalue weighted by atomic mass is 10.0. The summed E-state index contributed by atoms with van der Waals surface area (Å²) in [5.41, 5.74) is 9.15. The van der Waals surface area contributed by atoms with Crippen molar-refractivity contribution in [2.45, 2.75) is 0 Å². The van der Waals surface area contributed by atoms with Gasteiger partial charge in [-0.15, -0.1) is 11.3 Å². The first-order valence-corrected chi connectivity index (χ1v) is 19.8. The fourth-order valence-electron chi connectivity index (χ4n) is 9.88. The van der Waals surface area contributed by atoms with E-state index in [-0.39, 0.29) is 0 Å². The molecule has 0 bridgehead atoms. The Kier molecular flexibility index (Phi) is 5.34. The summed E-state index contributed by atoms with van der Waals surface area (Å²) < 4.78 is 9.46. The highest BCUT2D eigenvalue weighted by atomic mass is 32.1. The summed E-state index contributed by atoms with van der Waals surface area (Å²) in [5.74, 6) is 1.56. The van der Waals surface area contributed by atoms with Crippen LogP contribution in [-0.2, 0) is 0 Å². The molecule has 6 heteroatoms. The zero-order valence-corrected chi connectivity index (χ0v) is 30.5. The van der Waals surface area contributed by atoms with Crippen LogP contribution in [0.3, 0.4) is 0 Å². The molecule has 0 aliphatic rings. The average molecular weight is 730 g/mol. The number of aromatic nitrogens is 5. The van der Waals surface area contributed by atoms with E-state index in [1.165, 1.54) is 75.1 Å². The van der Waals surface area contributed by atoms with E-state index in [0.29, 0.717) is 5.95 Å². The van der Waals surface area contributed by atoms with Gasteiger partial charge in [0, 0.05) is 53.2 Å². The molecule has 6 heterocycles. The van der Waals surface area contributed by atoms with Gasteiger partial charge >= 0.3 is 0 Å². The predicted octanol–water partition coefficient (Wildman–Crippen LogP) is 13.3. The maximum Gasteiger partial charge on any atom is 0.237 e. The van der Waals surface area contributed by atoms with Gasteiger partial charge in [0.2, 0.25) is 5.95 Å². The Morgan fingerprint density at radius 3 is 1.70 bits per heavy atom. The average Bonchev–Trinajstić information content (AvgIpc) is 4.04. The van der Waals surface area contributed by atoms with E-state index < -0.39 is 0 Å². The smallest absolute Gasteiger partial charge is 0.237 e. The Bertz CT molecular complexity index is 3960. The Labute approximate surface area is 321 Å². The topological polar surface area (TPSA) is 40.0 Å². The lowest BCUT2D eigenvalue weighted by molar-refractivity contribution is 0.976. The summed E-state index contributed by atoms with van der Waals surface area (Å²) in [6, 6.07) is 59.6. The second kappa shape index (κ2) is 10.3. The van der Waals surface area contributed by atoms with E-state index in [1.807, 2.05) is 0 Å². The standard InChI is InChI=1S/C50H27N5S/c1-2-14-29-26-41-35(25-28(29)13-1)36-27-42-44(45-33-18-6-10-22-39(33)53(41)47(36)45)32-17-5-11-23-40(32)54(42)49-48-46(34-19-7-12-24-43(34)56-48)51-50(52-49)55-37-20-8-3-15-30(37)31-16-4-9-21-38(31)55/h1-27H. The normalized spacial score (nSPS) is 12.6. The molecular formula is C50H27N5S. The van der Waals surface area contributed by atoms with Crippen molar-refractivity contribution in [3.8, 4) is 11.8 Å². The van der Waals surface area contributed by atoms with Crippen LogP contribution in [0.25, 0.3) is 125 Å². The molecule has 0 saturated carbocycles. The number of hydrogen-bond acceptors (Lipinski definition) is 3. The molecular weight excluding hydrogens is 703 g/mol. The molecule has 0 amide bonds. The summed E-state index contributed by atoms with van der Waals surface area (Å²) in [5, 5.41) is 13.5. The third-order valence-electron chi connectivity index (χ3n) is 12.1. The van der Waals surface area contributed by atoms with Gasteiger partial charge in [-0.2, -0.15) is 4.98 Å². The van der Waals surface area contributed by atoms with Crippen LogP contribution in [-0.4, -0.2) is 23.5 Å². The zero-order valence-electron chi connectivity index (χ0n) is 29.7. The minimum atomic E-state index is 0.665. The van der Waals surface area contributed by atoms with E-state index in [0.717, 1.165) is 43.5 Å². The maximum atomic E-state index is 5.69. The molecule has 0 aliphatic carbocycles. The summed E-state index contributed by atoms with van der Waals surface area (Å²) in [4.78, 5) is 11.2. The van der Waals surface area contributed by atoms with Gasteiger partial charge in [0.05, 0.1) is 48.8 Å². The first-order valence-electron chi connectivity index (χ1n) is 19.0. The van der Waals surface area contributed by atoms with Gasteiger partial charge in [-0.25, -0.2) is 4.98 Å². The van der Waals surface area contributed by atoms with Gasteiger partial charge in [0.15, 0.2) is 5.82 Å². The Hall–Kier alpha value is -7.28. The molecule has 0 spiro atoms. The minimum Gasteiger partial charge on any atom is -0.308 e. The van der Waals surface area contributed by atoms with Crippen LogP contribution >= 0.6 is 11.3 Å². The Morgan fingerprint density at radius 1 is 0.393 bits per heavy atom. The van der Waals surface area contributed by atoms with Crippen LogP contribution in [0.1, 0.15) is 0 Å². The molecule has 258 valence electrons. The van der Waals surface area contributed by atoms with Gasteiger partial charge < -0.3 is 4.40 Å². The van der Waals surface area contributed by atoms with Crippen molar-refractivity contribution < 1.29 is 0 Å². The van der Waals surface area contributed by atoms with Crippen molar-refractivity contribution in [2.24, 2.45) is 0 Å². The van der Waals surface area contributed by atoms with Crippen molar-refractivity contribution in [3.05, 3.63) is 164 Å². The van der Waals surface area contributed by atoms with Gasteiger partial charge in [-0.1, -0.05) is 115 Å². The summed E-state index contributed by atoms with van der Waals surface area (Å²) in [6.07, 6.45) is 0. The molecule has 14 aromatic rings. The van der Waals surface area contributed by atoms with E-state index in [4.69, 9.17) is 9.97 Å². The van der Waals surface area contributed by atoms with Crippen molar-refractivity contribution in [3.63, 3.8) is 0 Å². The van der Waals surface area contributed by atoms with Crippen LogP contribution in [0.5, 0.6) is 0 Å². The molecule has 8 aromatic carbocycles. The molecule has 0 N–H and O–H groups in total. The Morgan fingerprint density at radius 2 is 0.964 bits per heavy atom. The molecule has 14 rings (SSSR count). The molecule has 6 aromatic heterocycles. The van der Waals surface area contributed by atoms with Crippen LogP contribution in [0.15, 0.2) is 164 Å². The third-order valence-corrected chi connectivity index (χ3v) is 13.3. The number of fused-ring (bicyclic) bond motifs is 17. The minimum absolute atomic E-state index is 0.665. The Balaban J connectivity index is 1.22. The molecule has 0 aliphatic heterocycles. The molecule has 5 nitrogen and oxygen atoms in total. The first kappa shape index (κ1) is 29.1. The van der Waals surface area contributed by atoms with Crippen LogP contribution in [0, 0.1) is 0 Å². The van der Waals surface area contributed by atoms with Crippen LogP contribution in [0.4, 0.5) is 0 Å². The summed E-state index contributed by atoms with van der Waals surface area (Å²) in [7, 11) is 0. The highest BCUT2D eigenvalue weighted by Gasteiger charge is 2.27. The van der Waals surface area contributed by atoms with Crippen molar-refractivity contribution in [1.82, 2.24) is 23.5 Å². The number of benzene rings is 8. The largest absolute Gasteiger partial charge is 0.308 e. The lowest BCUT2D eigenvalue weighted by Gasteiger charge is -2.12. The molecule has 56 heavy (non-hydrogen) atoms. The SMILES string of the molecule is c1ccc2cc3c(cc2c1)c1cc2c(c4ccccc4n2-c2nc(-n4c5ccccc5c5ccccc54)nc4c2sc2ccccc24)c2c4ccccc4n3c12. The second-order valence-corrected chi connectivity index (χ2v) is 16.0. The predicted molar refractivity (Wildman–Crippen MR) is 236 cm³/mol. The highest BCUT2D eigenvalue weighted by molar-refractivity contribution is 7.26. The van der Waals surface area contributed by atoms with E-state index in [1.54, 1.807) is 11.3 Å². The van der Waals surface area contributed by atoms with Gasteiger partial charge in [-0.3, -0.25) is 9.13 Å². The van der Waals surface area contributed by atoms with E-state index in [9.17, 15) is 0 Å². The lowest BCUT2D eigenvalue weighted by Crippen LogP contribution is -2.06. The number of para-hydroxylation sites is 4. The van der Waals surface area contributed by atoms with Crippen LogP contribution in [0.2, 0.25) is 0 Å². The van der Waals surface area contributed by atoms with Gasteiger partial charge in [-0.05, 0) is 59.3 Å². The quantitative estimate of drug-likeness (QED) is 0.178. The number of nitrogens with zero attached hydrogens (tertiary/aromatic N) is 5. The van der Waals surface area contributed by atoms with Gasteiger partial charge in [0.1, 0.15) is 0 Å². The van der Waals surface area contributed by atoms with Crippen molar-refractivity contribution in [2.75, 3.05) is 0 Å². The number of thiophene rings is 1. The third kappa shape index (κ3) is 3.51. The molecule has 0 radical (unpaired) electrons. The zero-order chi connectivity index (χ0) is 36.2. The summed E-state index contributed by atoms with van der Waals surface area (Å²) >= 11 is 1.78. The fourth-order valence-corrected chi connectivity index (χ4v) is 11.0. The number of hydrogen-bond donors (Lipinski definition) is 0. The van der Waals surface area contributed by atoms with Crippen LogP contribution < -0.4 is 0 Å². The van der Waals surface area contributed by atoms with Gasteiger partial charge in [0.25, 0.3) is 0 Å². The molecule has 0 atom stereocenters. The highest BCUT2D eigenvalue weighted by Crippen LogP contribution is 2.48. The molecule has 0 unspecified atom stereocenters. The monoisotopic (exact) mass is 729 g/mol. The fraction of sp³-hybridized carbons (Fsp3) is 0. The first-order chi connectivity index (χ1) is 27.8. The maximum absolute atomic E-state index is 5.69. The van der Waals surface area contributed by atoms with E-state index >= 15 is 0 Å². The summed E-state index contributed by atoms with van der Waals surface area (Å²) in [6.45, 7) is 0. The number of rotatable bonds is 2. The molecule has 0 saturated heterocycles. The second-order valence-electron chi connectivity index (χ2n) is 15.0. The molecule has 0 fully saturated rings. The van der Waals surface area contributed by atoms with E-state index in [2.05, 4.69) is 177 Å². The van der Waals surface area contributed by atoms with Crippen molar-refractivity contribution in [1.29, 1.82) is 0 Å².